The summed E-state index contributed by atoms with van der Waals surface area (Å²) in [5, 5.41) is 16.9. The minimum atomic E-state index is -0.722. The molecule has 4 rings (SSSR count). The van der Waals surface area contributed by atoms with Crippen LogP contribution in [0.3, 0.4) is 0 Å². The van der Waals surface area contributed by atoms with Gasteiger partial charge in [0.05, 0.1) is 46.3 Å². The maximum atomic E-state index is 14.6. The predicted molar refractivity (Wildman–Crippen MR) is 122 cm³/mol. The van der Waals surface area contributed by atoms with Gasteiger partial charge < -0.3 is 14.8 Å². The van der Waals surface area contributed by atoms with Gasteiger partial charge in [0.2, 0.25) is 5.95 Å². The normalized spacial score (nSPS) is 14.6. The molecule has 1 fully saturated rings. The smallest absolute Gasteiger partial charge is 0.227 e. The fourth-order valence-corrected chi connectivity index (χ4v) is 3.57. The van der Waals surface area contributed by atoms with Crippen LogP contribution in [0.5, 0.6) is 5.75 Å². The molecule has 10 heteroatoms. The summed E-state index contributed by atoms with van der Waals surface area (Å²) in [5.41, 5.74) is 0.881. The Labute approximate surface area is 196 Å². The van der Waals surface area contributed by atoms with Crippen LogP contribution in [0.1, 0.15) is 32.7 Å². The van der Waals surface area contributed by atoms with E-state index in [2.05, 4.69) is 26.5 Å². The standard InChI is InChI=1S/C23H24ClFN6O2/c1-23(2,13-26)14-33-20-4-3-15(9-19(20)25)21-18(24)11-27-22(30-21)29-16-10-28-31(12-16)17-5-7-32-8-6-17/h3-4,9-12,17H,5-8,14H2,1-2H3,(H,27,29,30). The van der Waals surface area contributed by atoms with Crippen LogP contribution in [0.15, 0.2) is 36.8 Å². The highest BCUT2D eigenvalue weighted by Gasteiger charge is 2.20. The highest BCUT2D eigenvalue weighted by atomic mass is 35.5. The number of nitrogens with one attached hydrogen (secondary N) is 1. The number of anilines is 2. The largest absolute Gasteiger partial charge is 0.489 e. The average molecular weight is 471 g/mol. The van der Waals surface area contributed by atoms with Gasteiger partial charge in [-0.3, -0.25) is 4.68 Å². The van der Waals surface area contributed by atoms with Crippen molar-refractivity contribution >= 4 is 23.2 Å². The van der Waals surface area contributed by atoms with Crippen molar-refractivity contribution in [2.24, 2.45) is 5.41 Å². The van der Waals surface area contributed by atoms with Crippen molar-refractivity contribution in [2.75, 3.05) is 25.1 Å². The van der Waals surface area contributed by atoms with Gasteiger partial charge in [0.1, 0.15) is 6.61 Å². The molecule has 0 unspecified atom stereocenters. The van der Waals surface area contributed by atoms with E-state index in [0.717, 1.165) is 31.7 Å². The molecule has 0 radical (unpaired) electrons. The van der Waals surface area contributed by atoms with Crippen LogP contribution in [0.25, 0.3) is 11.3 Å². The molecule has 0 bridgehead atoms. The first kappa shape index (κ1) is 23.0. The molecule has 3 aromatic rings. The fraction of sp³-hybridized carbons (Fsp3) is 0.391. The lowest BCUT2D eigenvalue weighted by molar-refractivity contribution is 0.0662. The van der Waals surface area contributed by atoms with Crippen molar-refractivity contribution in [3.8, 4) is 23.1 Å². The van der Waals surface area contributed by atoms with Crippen molar-refractivity contribution in [1.29, 1.82) is 5.26 Å². The Hall–Kier alpha value is -3.22. The minimum Gasteiger partial charge on any atom is -0.489 e. The molecule has 0 saturated carbocycles. The molecule has 1 aliphatic rings. The number of hydrogen-bond donors (Lipinski definition) is 1. The van der Waals surface area contributed by atoms with Gasteiger partial charge in [-0.15, -0.1) is 0 Å². The molecule has 0 amide bonds. The summed E-state index contributed by atoms with van der Waals surface area (Å²) in [7, 11) is 0. The van der Waals surface area contributed by atoms with Crippen LogP contribution < -0.4 is 10.1 Å². The molecular formula is C23H24ClFN6O2. The van der Waals surface area contributed by atoms with Gasteiger partial charge in [-0.2, -0.15) is 10.4 Å². The summed E-state index contributed by atoms with van der Waals surface area (Å²) >= 11 is 6.30. The number of ether oxygens (including phenoxy) is 2. The van der Waals surface area contributed by atoms with E-state index in [4.69, 9.17) is 26.3 Å². The van der Waals surface area contributed by atoms with Gasteiger partial charge in [0, 0.05) is 25.0 Å². The Morgan fingerprint density at radius 1 is 1.33 bits per heavy atom. The zero-order chi connectivity index (χ0) is 23.4. The number of aromatic nitrogens is 4. The molecule has 172 valence electrons. The molecule has 1 N–H and O–H groups in total. The van der Waals surface area contributed by atoms with E-state index in [1.54, 1.807) is 26.1 Å². The predicted octanol–water partition coefficient (Wildman–Crippen LogP) is 5.16. The van der Waals surface area contributed by atoms with Gasteiger partial charge in [-0.1, -0.05) is 11.6 Å². The Morgan fingerprint density at radius 3 is 2.85 bits per heavy atom. The summed E-state index contributed by atoms with van der Waals surface area (Å²) in [6.07, 6.45) is 6.92. The van der Waals surface area contributed by atoms with Crippen LogP contribution in [0, 0.1) is 22.6 Å². The number of benzene rings is 1. The quantitative estimate of drug-likeness (QED) is 0.509. The number of nitrogens with zero attached hydrogens (tertiary/aromatic N) is 5. The molecule has 33 heavy (non-hydrogen) atoms. The lowest BCUT2D eigenvalue weighted by Crippen LogP contribution is -2.19. The lowest BCUT2D eigenvalue weighted by atomic mass is 9.98. The first-order valence-corrected chi connectivity index (χ1v) is 11.0. The molecule has 1 aliphatic heterocycles. The van der Waals surface area contributed by atoms with Gasteiger partial charge in [-0.05, 0) is 44.9 Å². The van der Waals surface area contributed by atoms with Crippen LogP contribution in [0.2, 0.25) is 5.02 Å². The summed E-state index contributed by atoms with van der Waals surface area (Å²) in [4.78, 5) is 8.69. The first-order chi connectivity index (χ1) is 15.8. The average Bonchev–Trinajstić information content (AvgIpc) is 3.28. The maximum absolute atomic E-state index is 14.6. The van der Waals surface area contributed by atoms with E-state index >= 15 is 0 Å². The first-order valence-electron chi connectivity index (χ1n) is 10.6. The van der Waals surface area contributed by atoms with Gasteiger partial charge >= 0.3 is 0 Å². The molecule has 0 atom stereocenters. The van der Waals surface area contributed by atoms with Crippen molar-refractivity contribution < 1.29 is 13.9 Å². The summed E-state index contributed by atoms with van der Waals surface area (Å²) < 4.78 is 27.4. The number of rotatable bonds is 7. The fourth-order valence-electron chi connectivity index (χ4n) is 3.37. The van der Waals surface area contributed by atoms with Crippen LogP contribution >= 0.6 is 11.6 Å². The number of nitriles is 1. The van der Waals surface area contributed by atoms with E-state index in [1.165, 1.54) is 18.3 Å². The lowest BCUT2D eigenvalue weighted by Gasteiger charge is -2.22. The molecule has 1 saturated heterocycles. The van der Waals surface area contributed by atoms with E-state index in [0.29, 0.717) is 23.2 Å². The second-order valence-electron chi connectivity index (χ2n) is 8.50. The Morgan fingerprint density at radius 2 is 2.12 bits per heavy atom. The number of hydrogen-bond acceptors (Lipinski definition) is 7. The van der Waals surface area contributed by atoms with Crippen molar-refractivity contribution in [3.05, 3.63) is 47.6 Å². The summed E-state index contributed by atoms with van der Waals surface area (Å²) in [6.45, 7) is 4.98. The third-order valence-corrected chi connectivity index (χ3v) is 5.54. The van der Waals surface area contributed by atoms with Crippen LogP contribution in [-0.4, -0.2) is 39.6 Å². The van der Waals surface area contributed by atoms with Crippen LogP contribution in [-0.2, 0) is 4.74 Å². The Balaban J connectivity index is 1.50. The summed E-state index contributed by atoms with van der Waals surface area (Å²) in [5.74, 6) is -0.188. The number of halogens is 2. The SMILES string of the molecule is CC(C)(C#N)COc1ccc(-c2nc(Nc3cnn(C4CCOCC4)c3)ncc2Cl)cc1F. The van der Waals surface area contributed by atoms with E-state index < -0.39 is 11.2 Å². The molecule has 3 heterocycles. The molecular weight excluding hydrogens is 447 g/mol. The highest BCUT2D eigenvalue weighted by molar-refractivity contribution is 6.32. The van der Waals surface area contributed by atoms with Crippen molar-refractivity contribution in [2.45, 2.75) is 32.7 Å². The van der Waals surface area contributed by atoms with Crippen molar-refractivity contribution in [3.63, 3.8) is 0 Å². The molecule has 8 nitrogen and oxygen atoms in total. The summed E-state index contributed by atoms with van der Waals surface area (Å²) in [6, 6.07) is 6.89. The van der Waals surface area contributed by atoms with E-state index in [9.17, 15) is 4.39 Å². The third-order valence-electron chi connectivity index (χ3n) is 5.26. The van der Waals surface area contributed by atoms with Gasteiger partial charge in [0.25, 0.3) is 0 Å². The van der Waals surface area contributed by atoms with E-state index in [-0.39, 0.29) is 17.4 Å². The highest BCUT2D eigenvalue weighted by Crippen LogP contribution is 2.31. The topological polar surface area (TPSA) is 97.9 Å². The third kappa shape index (κ3) is 5.59. The minimum absolute atomic E-state index is 0.0612. The second kappa shape index (κ2) is 9.73. The zero-order valence-corrected chi connectivity index (χ0v) is 19.1. The van der Waals surface area contributed by atoms with Crippen molar-refractivity contribution in [1.82, 2.24) is 19.7 Å². The van der Waals surface area contributed by atoms with Gasteiger partial charge in [0.15, 0.2) is 11.6 Å². The zero-order valence-electron chi connectivity index (χ0n) is 18.4. The van der Waals surface area contributed by atoms with E-state index in [1.807, 2.05) is 10.9 Å². The second-order valence-corrected chi connectivity index (χ2v) is 8.90. The van der Waals surface area contributed by atoms with Crippen LogP contribution in [0.4, 0.5) is 16.0 Å². The molecule has 0 aliphatic carbocycles. The molecule has 2 aromatic heterocycles. The molecule has 0 spiro atoms. The Bertz CT molecular complexity index is 1170. The van der Waals surface area contributed by atoms with Gasteiger partial charge in [-0.25, -0.2) is 14.4 Å². The monoisotopic (exact) mass is 470 g/mol. The maximum Gasteiger partial charge on any atom is 0.227 e. The molecule has 1 aromatic carbocycles. The Kier molecular flexibility index (Phi) is 6.77.